The maximum atomic E-state index is 12.2. The lowest BCUT2D eigenvalue weighted by Gasteiger charge is -2.18. The Morgan fingerprint density at radius 2 is 2.04 bits per heavy atom. The van der Waals surface area contributed by atoms with Gasteiger partial charge in [0.2, 0.25) is 10.0 Å². The Kier molecular flexibility index (Phi) is 4.30. The average Bonchev–Trinajstić information content (AvgIpc) is 3.10. The largest absolute Gasteiger partial charge is 0.277 e. The highest BCUT2D eigenvalue weighted by atomic mass is 35.5. The van der Waals surface area contributed by atoms with Crippen LogP contribution in [0.5, 0.6) is 0 Å². The van der Waals surface area contributed by atoms with Crippen LogP contribution in [0.25, 0.3) is 0 Å². The van der Waals surface area contributed by atoms with Gasteiger partial charge in [-0.3, -0.25) is 9.03 Å². The van der Waals surface area contributed by atoms with Crippen LogP contribution in [0, 0.1) is 0 Å². The Morgan fingerprint density at radius 3 is 2.61 bits per heavy atom. The maximum absolute atomic E-state index is 12.2. The lowest BCUT2D eigenvalue weighted by molar-refractivity contribution is 0.598. The first kappa shape index (κ1) is 16.6. The quantitative estimate of drug-likeness (QED) is 0.867. The first-order chi connectivity index (χ1) is 10.8. The Balaban J connectivity index is 1.89. The van der Waals surface area contributed by atoms with Gasteiger partial charge in [0.15, 0.2) is 0 Å². The fourth-order valence-electron chi connectivity index (χ4n) is 2.28. The van der Waals surface area contributed by atoms with Gasteiger partial charge >= 0.3 is 0 Å². The van der Waals surface area contributed by atoms with E-state index in [9.17, 15) is 16.8 Å². The predicted octanol–water partition coefficient (Wildman–Crippen LogP) is 2.74. The van der Waals surface area contributed by atoms with Gasteiger partial charge in [0, 0.05) is 6.54 Å². The number of halogens is 1. The molecule has 0 spiro atoms. The molecular formula is C13H13ClN2O4S3. The van der Waals surface area contributed by atoms with E-state index in [1.807, 2.05) is 0 Å². The van der Waals surface area contributed by atoms with Crippen LogP contribution in [0.4, 0.5) is 11.4 Å². The zero-order chi connectivity index (χ0) is 16.7. The summed E-state index contributed by atoms with van der Waals surface area (Å²) < 4.78 is 52.1. The molecule has 23 heavy (non-hydrogen) atoms. The maximum Gasteiger partial charge on any atom is 0.271 e. The van der Waals surface area contributed by atoms with Crippen LogP contribution in [-0.2, 0) is 20.0 Å². The molecule has 3 rings (SSSR count). The molecule has 0 radical (unpaired) electrons. The molecule has 0 amide bonds. The van der Waals surface area contributed by atoms with Crippen LogP contribution >= 0.6 is 22.9 Å². The number of rotatable bonds is 4. The summed E-state index contributed by atoms with van der Waals surface area (Å²) in [4.78, 5) is 0. The van der Waals surface area contributed by atoms with Gasteiger partial charge in [-0.05, 0) is 36.1 Å². The number of nitrogens with one attached hydrogen (secondary N) is 1. The highest BCUT2D eigenvalue weighted by Crippen LogP contribution is 2.32. The number of nitrogens with zero attached hydrogens (tertiary/aromatic N) is 1. The SMILES string of the molecule is O=S(=O)(Nc1ccc(N2CCCS2(=O)=O)cc1Cl)c1cccs1. The highest BCUT2D eigenvalue weighted by Gasteiger charge is 2.29. The van der Waals surface area contributed by atoms with Gasteiger partial charge < -0.3 is 0 Å². The van der Waals surface area contributed by atoms with Crippen molar-refractivity contribution in [3.8, 4) is 0 Å². The Labute approximate surface area is 143 Å². The van der Waals surface area contributed by atoms with Gasteiger partial charge in [-0.2, -0.15) is 0 Å². The number of hydrogen-bond acceptors (Lipinski definition) is 5. The summed E-state index contributed by atoms with van der Waals surface area (Å²) >= 11 is 7.22. The number of hydrogen-bond donors (Lipinski definition) is 1. The molecule has 2 heterocycles. The molecule has 1 aliphatic heterocycles. The summed E-state index contributed by atoms with van der Waals surface area (Å²) in [6, 6.07) is 7.60. The second-order valence-corrected chi connectivity index (χ2v) is 10.2. The molecule has 0 atom stereocenters. The molecule has 0 unspecified atom stereocenters. The van der Waals surface area contributed by atoms with Gasteiger partial charge in [0.1, 0.15) is 4.21 Å². The van der Waals surface area contributed by atoms with E-state index in [1.165, 1.54) is 22.5 Å². The molecule has 1 aromatic heterocycles. The predicted molar refractivity (Wildman–Crippen MR) is 92.3 cm³/mol. The summed E-state index contributed by atoms with van der Waals surface area (Å²) in [6.07, 6.45) is 0.562. The van der Waals surface area contributed by atoms with Crippen molar-refractivity contribution < 1.29 is 16.8 Å². The fourth-order valence-corrected chi connectivity index (χ4v) is 6.19. The Hall–Kier alpha value is -1.29. The Bertz CT molecular complexity index is 924. The standard InChI is InChI=1S/C13H13ClN2O4S3/c14-11-9-10(16-6-2-8-22(16,17)18)4-5-12(11)15-23(19,20)13-3-1-7-21-13/h1,3-5,7,9,15H,2,6,8H2. The molecule has 124 valence electrons. The van der Waals surface area contributed by atoms with Gasteiger partial charge in [0.05, 0.1) is 22.2 Å². The normalized spacial score (nSPS) is 17.3. The minimum atomic E-state index is -3.69. The number of benzene rings is 1. The highest BCUT2D eigenvalue weighted by molar-refractivity contribution is 7.94. The lowest BCUT2D eigenvalue weighted by Crippen LogP contribution is -2.25. The van der Waals surface area contributed by atoms with E-state index in [0.717, 1.165) is 11.3 Å². The van der Waals surface area contributed by atoms with E-state index in [-0.39, 0.29) is 20.7 Å². The third kappa shape index (κ3) is 3.32. The smallest absolute Gasteiger partial charge is 0.271 e. The van der Waals surface area contributed by atoms with Crippen molar-refractivity contribution >= 4 is 54.4 Å². The van der Waals surface area contributed by atoms with Crippen LogP contribution in [0.15, 0.2) is 39.9 Å². The van der Waals surface area contributed by atoms with Crippen molar-refractivity contribution in [2.24, 2.45) is 0 Å². The zero-order valence-electron chi connectivity index (χ0n) is 11.8. The lowest BCUT2D eigenvalue weighted by atomic mass is 10.3. The van der Waals surface area contributed by atoms with Gasteiger partial charge in [0.25, 0.3) is 10.0 Å². The molecule has 1 aromatic carbocycles. The first-order valence-corrected chi connectivity index (χ1v) is 11.0. The summed E-state index contributed by atoms with van der Waals surface area (Å²) in [6.45, 7) is 0.402. The van der Waals surface area contributed by atoms with E-state index in [0.29, 0.717) is 18.7 Å². The monoisotopic (exact) mass is 392 g/mol. The summed E-state index contributed by atoms with van der Waals surface area (Å²) in [5.74, 6) is 0.109. The molecule has 1 fully saturated rings. The van der Waals surface area contributed by atoms with Crippen molar-refractivity contribution in [3.05, 3.63) is 40.7 Å². The minimum Gasteiger partial charge on any atom is -0.277 e. The fraction of sp³-hybridized carbons (Fsp3) is 0.231. The van der Waals surface area contributed by atoms with E-state index in [2.05, 4.69) is 4.72 Å². The number of thiophene rings is 1. The van der Waals surface area contributed by atoms with Crippen LogP contribution in [-0.4, -0.2) is 29.1 Å². The second kappa shape index (κ2) is 5.97. The van der Waals surface area contributed by atoms with Gasteiger partial charge in [-0.1, -0.05) is 17.7 Å². The molecule has 10 heteroatoms. The van der Waals surface area contributed by atoms with Gasteiger partial charge in [-0.25, -0.2) is 16.8 Å². The molecule has 0 saturated carbocycles. The third-order valence-electron chi connectivity index (χ3n) is 3.34. The van der Waals surface area contributed by atoms with E-state index < -0.39 is 20.0 Å². The molecule has 1 aliphatic rings. The topological polar surface area (TPSA) is 83.6 Å². The minimum absolute atomic E-state index is 0.109. The summed E-state index contributed by atoms with van der Waals surface area (Å²) in [5.41, 5.74) is 0.645. The van der Waals surface area contributed by atoms with Crippen LogP contribution in [0.1, 0.15) is 6.42 Å². The summed E-state index contributed by atoms with van der Waals surface area (Å²) in [7, 11) is -7.00. The van der Waals surface area contributed by atoms with Gasteiger partial charge in [-0.15, -0.1) is 11.3 Å². The average molecular weight is 393 g/mol. The molecule has 0 bridgehead atoms. The van der Waals surface area contributed by atoms with E-state index in [1.54, 1.807) is 17.5 Å². The second-order valence-electron chi connectivity index (χ2n) is 4.94. The third-order valence-corrected chi connectivity index (χ3v) is 8.29. The van der Waals surface area contributed by atoms with Crippen molar-refractivity contribution in [2.75, 3.05) is 21.3 Å². The zero-order valence-corrected chi connectivity index (χ0v) is 15.0. The van der Waals surface area contributed by atoms with Crippen molar-refractivity contribution in [3.63, 3.8) is 0 Å². The molecule has 2 aromatic rings. The van der Waals surface area contributed by atoms with Crippen molar-refractivity contribution in [2.45, 2.75) is 10.6 Å². The summed E-state index contributed by atoms with van der Waals surface area (Å²) in [5, 5.41) is 1.81. The van der Waals surface area contributed by atoms with Crippen LogP contribution in [0.2, 0.25) is 5.02 Å². The van der Waals surface area contributed by atoms with Crippen molar-refractivity contribution in [1.29, 1.82) is 0 Å². The molecular weight excluding hydrogens is 380 g/mol. The first-order valence-electron chi connectivity index (χ1n) is 6.66. The van der Waals surface area contributed by atoms with E-state index in [4.69, 9.17) is 11.6 Å². The number of anilines is 2. The number of sulfonamides is 2. The molecule has 1 saturated heterocycles. The Morgan fingerprint density at radius 1 is 1.26 bits per heavy atom. The van der Waals surface area contributed by atoms with Crippen molar-refractivity contribution in [1.82, 2.24) is 0 Å². The van der Waals surface area contributed by atoms with E-state index >= 15 is 0 Å². The molecule has 0 aliphatic carbocycles. The molecule has 1 N–H and O–H groups in total. The van der Waals surface area contributed by atoms with Crippen LogP contribution < -0.4 is 9.03 Å². The molecule has 6 nitrogen and oxygen atoms in total. The van der Waals surface area contributed by atoms with Crippen LogP contribution in [0.3, 0.4) is 0 Å².